The number of benzene rings is 3. The molecule has 146 valence electrons. The average Bonchev–Trinajstić information content (AvgIpc) is 3.10. The lowest BCUT2D eigenvalue weighted by Gasteiger charge is -2.06. The van der Waals surface area contributed by atoms with Gasteiger partial charge < -0.3 is 15.4 Å². The third-order valence-corrected chi connectivity index (χ3v) is 4.79. The fourth-order valence-electron chi connectivity index (χ4n) is 3.14. The van der Waals surface area contributed by atoms with Crippen LogP contribution in [-0.4, -0.2) is 29.8 Å². The number of carbonyl (C=O) groups excluding carboxylic acids is 1. The fourth-order valence-corrected chi connectivity index (χ4v) is 3.33. The molecule has 0 bridgehead atoms. The van der Waals surface area contributed by atoms with Crippen molar-refractivity contribution >= 4 is 39.9 Å². The van der Waals surface area contributed by atoms with Crippen LogP contribution in [0.2, 0.25) is 5.02 Å². The molecule has 0 fully saturated rings. The first kappa shape index (κ1) is 18.8. The lowest BCUT2D eigenvalue weighted by Crippen LogP contribution is -2.17. The van der Waals surface area contributed by atoms with Crippen molar-refractivity contribution in [1.29, 1.82) is 0 Å². The highest BCUT2D eigenvalue weighted by molar-refractivity contribution is 6.30. The van der Waals surface area contributed by atoms with Crippen LogP contribution in [0.4, 0.5) is 11.5 Å². The van der Waals surface area contributed by atoms with E-state index in [1.807, 2.05) is 54.6 Å². The molecule has 7 heteroatoms. The van der Waals surface area contributed by atoms with Gasteiger partial charge in [-0.05, 0) is 54.6 Å². The van der Waals surface area contributed by atoms with E-state index < -0.39 is 0 Å². The summed E-state index contributed by atoms with van der Waals surface area (Å²) in [5.41, 5.74) is 3.04. The van der Waals surface area contributed by atoms with Gasteiger partial charge in [-0.1, -0.05) is 23.7 Å². The van der Waals surface area contributed by atoms with Crippen LogP contribution in [0.5, 0.6) is 5.75 Å². The summed E-state index contributed by atoms with van der Waals surface area (Å²) < 4.78 is 7.19. The lowest BCUT2D eigenvalue weighted by atomic mass is 10.2. The van der Waals surface area contributed by atoms with Crippen molar-refractivity contribution in [1.82, 2.24) is 15.1 Å². The van der Waals surface area contributed by atoms with Crippen LogP contribution in [-0.2, 0) is 0 Å². The molecule has 0 saturated heterocycles. The Morgan fingerprint density at radius 2 is 1.90 bits per heavy atom. The molecule has 0 saturated carbocycles. The van der Waals surface area contributed by atoms with E-state index in [1.165, 1.54) is 0 Å². The summed E-state index contributed by atoms with van der Waals surface area (Å²) in [7, 11) is 3.24. The van der Waals surface area contributed by atoms with Crippen molar-refractivity contribution in [3.8, 4) is 11.4 Å². The highest BCUT2D eigenvalue weighted by atomic mass is 35.5. The first-order valence-corrected chi connectivity index (χ1v) is 9.39. The molecule has 1 aromatic heterocycles. The van der Waals surface area contributed by atoms with E-state index in [2.05, 4.69) is 10.6 Å². The Labute approximate surface area is 173 Å². The number of carbonyl (C=O) groups is 1. The Balaban J connectivity index is 1.86. The number of anilines is 2. The van der Waals surface area contributed by atoms with E-state index in [-0.39, 0.29) is 5.91 Å². The van der Waals surface area contributed by atoms with Gasteiger partial charge in [-0.15, -0.1) is 5.10 Å². The number of amides is 1. The van der Waals surface area contributed by atoms with Crippen LogP contribution in [0.3, 0.4) is 0 Å². The maximum atomic E-state index is 12.0. The largest absolute Gasteiger partial charge is 0.497 e. The quantitative estimate of drug-likeness (QED) is 0.500. The summed E-state index contributed by atoms with van der Waals surface area (Å²) >= 11 is 6.12. The SMILES string of the molecule is CNC(=O)c1cccc(-n2nc(Nc3cccc(Cl)c3)c3cc(OC)ccc32)c1. The van der Waals surface area contributed by atoms with E-state index in [0.29, 0.717) is 16.4 Å². The maximum Gasteiger partial charge on any atom is 0.251 e. The average molecular weight is 407 g/mol. The maximum absolute atomic E-state index is 12.0. The topological polar surface area (TPSA) is 68.2 Å². The van der Waals surface area contributed by atoms with Gasteiger partial charge in [-0.3, -0.25) is 4.79 Å². The van der Waals surface area contributed by atoms with E-state index in [9.17, 15) is 4.79 Å². The molecule has 4 rings (SSSR count). The molecule has 1 heterocycles. The number of nitrogens with zero attached hydrogens (tertiary/aromatic N) is 2. The molecule has 2 N–H and O–H groups in total. The number of methoxy groups -OCH3 is 1. The minimum Gasteiger partial charge on any atom is -0.497 e. The summed E-state index contributed by atoms with van der Waals surface area (Å²) in [6.07, 6.45) is 0. The molecule has 0 aliphatic rings. The molecule has 6 nitrogen and oxygen atoms in total. The number of rotatable bonds is 5. The van der Waals surface area contributed by atoms with Gasteiger partial charge in [-0.2, -0.15) is 0 Å². The van der Waals surface area contributed by atoms with Crippen molar-refractivity contribution in [3.05, 3.63) is 77.3 Å². The van der Waals surface area contributed by atoms with Gasteiger partial charge in [0.05, 0.1) is 18.3 Å². The minimum absolute atomic E-state index is 0.151. The van der Waals surface area contributed by atoms with E-state index in [0.717, 1.165) is 28.0 Å². The Bertz CT molecular complexity index is 1200. The number of hydrogen-bond acceptors (Lipinski definition) is 4. The molecule has 0 atom stereocenters. The second-order valence-corrected chi connectivity index (χ2v) is 6.84. The summed E-state index contributed by atoms with van der Waals surface area (Å²) in [4.78, 5) is 12.0. The van der Waals surface area contributed by atoms with Crippen LogP contribution in [0.1, 0.15) is 10.4 Å². The molecular formula is C22H19ClN4O2. The van der Waals surface area contributed by atoms with Crippen molar-refractivity contribution in [3.63, 3.8) is 0 Å². The first-order chi connectivity index (χ1) is 14.1. The van der Waals surface area contributed by atoms with Crippen LogP contribution in [0, 0.1) is 0 Å². The van der Waals surface area contributed by atoms with Gasteiger partial charge in [0.2, 0.25) is 0 Å². The number of ether oxygens (including phenoxy) is 1. The molecule has 0 aliphatic heterocycles. The van der Waals surface area contributed by atoms with Gasteiger partial charge in [0.1, 0.15) is 5.75 Å². The van der Waals surface area contributed by atoms with Crippen molar-refractivity contribution in [2.75, 3.05) is 19.5 Å². The highest BCUT2D eigenvalue weighted by Gasteiger charge is 2.15. The zero-order valence-corrected chi connectivity index (χ0v) is 16.7. The summed E-state index contributed by atoms with van der Waals surface area (Å²) in [5, 5.41) is 12.3. The van der Waals surface area contributed by atoms with Gasteiger partial charge in [0.25, 0.3) is 5.91 Å². The number of fused-ring (bicyclic) bond motifs is 1. The molecule has 1 amide bonds. The van der Waals surface area contributed by atoms with Crippen LogP contribution in [0.15, 0.2) is 66.7 Å². The van der Waals surface area contributed by atoms with Gasteiger partial charge in [0.15, 0.2) is 5.82 Å². The van der Waals surface area contributed by atoms with E-state index in [1.54, 1.807) is 31.0 Å². The predicted octanol–water partition coefficient (Wildman–Crippen LogP) is 4.79. The lowest BCUT2D eigenvalue weighted by molar-refractivity contribution is 0.0963. The second-order valence-electron chi connectivity index (χ2n) is 6.41. The number of aromatic nitrogens is 2. The van der Waals surface area contributed by atoms with Crippen molar-refractivity contribution in [2.24, 2.45) is 0 Å². The Morgan fingerprint density at radius 3 is 2.66 bits per heavy atom. The van der Waals surface area contributed by atoms with Gasteiger partial charge in [0, 0.05) is 28.7 Å². The zero-order chi connectivity index (χ0) is 20.4. The zero-order valence-electron chi connectivity index (χ0n) is 15.9. The first-order valence-electron chi connectivity index (χ1n) is 9.01. The van der Waals surface area contributed by atoms with Gasteiger partial charge >= 0.3 is 0 Å². The standard InChI is InChI=1S/C22H19ClN4O2/c1-24-22(28)14-5-3-8-17(11-14)27-20-10-9-18(29-2)13-19(20)21(26-27)25-16-7-4-6-15(23)12-16/h3-13H,1-2H3,(H,24,28)(H,25,26). The van der Waals surface area contributed by atoms with Crippen molar-refractivity contribution in [2.45, 2.75) is 0 Å². The molecule has 0 spiro atoms. The third-order valence-electron chi connectivity index (χ3n) is 4.55. The summed E-state index contributed by atoms with van der Waals surface area (Å²) in [6.45, 7) is 0. The monoisotopic (exact) mass is 406 g/mol. The number of hydrogen-bond donors (Lipinski definition) is 2. The molecule has 29 heavy (non-hydrogen) atoms. The summed E-state index contributed by atoms with van der Waals surface area (Å²) in [5.74, 6) is 1.24. The second kappa shape index (κ2) is 7.85. The van der Waals surface area contributed by atoms with Gasteiger partial charge in [-0.25, -0.2) is 4.68 Å². The van der Waals surface area contributed by atoms with Crippen molar-refractivity contribution < 1.29 is 9.53 Å². The van der Waals surface area contributed by atoms with E-state index in [4.69, 9.17) is 21.4 Å². The Hall–Kier alpha value is -3.51. The van der Waals surface area contributed by atoms with E-state index >= 15 is 0 Å². The number of nitrogens with one attached hydrogen (secondary N) is 2. The van der Waals surface area contributed by atoms with Crippen LogP contribution >= 0.6 is 11.6 Å². The summed E-state index contributed by atoms with van der Waals surface area (Å²) in [6, 6.07) is 20.5. The smallest absolute Gasteiger partial charge is 0.251 e. The van der Waals surface area contributed by atoms with Crippen LogP contribution in [0.25, 0.3) is 16.6 Å². The fraction of sp³-hybridized carbons (Fsp3) is 0.0909. The van der Waals surface area contributed by atoms with Crippen LogP contribution < -0.4 is 15.4 Å². The minimum atomic E-state index is -0.151. The molecule has 0 unspecified atom stereocenters. The predicted molar refractivity (Wildman–Crippen MR) is 116 cm³/mol. The third kappa shape index (κ3) is 3.75. The molecule has 0 aliphatic carbocycles. The Morgan fingerprint density at radius 1 is 1.07 bits per heavy atom. The molecule has 3 aromatic carbocycles. The molecule has 4 aromatic rings. The molecule has 0 radical (unpaired) electrons. The highest BCUT2D eigenvalue weighted by Crippen LogP contribution is 2.31. The Kier molecular flexibility index (Phi) is 5.10. The number of halogens is 1. The normalized spacial score (nSPS) is 10.7. The molecular weight excluding hydrogens is 388 g/mol.